The zero-order valence-electron chi connectivity index (χ0n) is 38.2. The molecule has 6 rings (SSSR count). The van der Waals surface area contributed by atoms with Crippen molar-refractivity contribution in [2.45, 2.75) is 69.6 Å². The standard InChI is InChI=1S/C26H30N2O6.C26H28N2O6.2H2/c2*1-3-9-22(24(30)25(31)27-15-23(29)33-14-4-2)28-26(32)34-16-21-19-12-7-5-10-17(19)18-11-6-8-13-20(18)21;;/h4-8,10-13,21-22,24,30H,2-3,9,14-16H2,1H3,(H,27,31)(H,28,32);4-8,10-13,21-22H,2-3,9,14-16H2,1H3,(H,27,31)(H,28,32);2*1H/t22-,24?;22-;;/m00../s1. The highest BCUT2D eigenvalue weighted by Gasteiger charge is 2.33. The predicted molar refractivity (Wildman–Crippen MR) is 257 cm³/mol. The number of alkyl carbamates (subject to hydrolysis) is 2. The Morgan fingerprint density at radius 3 is 1.40 bits per heavy atom. The number of carbonyl (C=O) groups excluding carboxylic acids is 7. The quantitative estimate of drug-likeness (QED) is 0.0247. The highest BCUT2D eigenvalue weighted by Crippen LogP contribution is 2.45. The second kappa shape index (κ2) is 25.9. The maximum absolute atomic E-state index is 12.6. The zero-order valence-corrected chi connectivity index (χ0v) is 38.2. The van der Waals surface area contributed by atoms with Crippen LogP contribution in [0.3, 0.4) is 0 Å². The third kappa shape index (κ3) is 13.7. The van der Waals surface area contributed by atoms with Crippen molar-refractivity contribution in [3.8, 4) is 22.3 Å². The van der Waals surface area contributed by atoms with E-state index in [1.807, 2.05) is 111 Å². The fourth-order valence-corrected chi connectivity index (χ4v) is 8.00. The number of benzene rings is 4. The van der Waals surface area contributed by atoms with Crippen molar-refractivity contribution >= 4 is 41.7 Å². The van der Waals surface area contributed by atoms with Gasteiger partial charge in [-0.25, -0.2) is 9.59 Å². The lowest BCUT2D eigenvalue weighted by molar-refractivity contribution is -0.144. The van der Waals surface area contributed by atoms with Gasteiger partial charge in [0.15, 0.2) is 6.10 Å². The number of aliphatic hydroxyl groups excluding tert-OH is 1. The second-order valence-corrected chi connectivity index (χ2v) is 15.8. The van der Waals surface area contributed by atoms with Crippen molar-refractivity contribution in [2.24, 2.45) is 0 Å². The molecule has 0 spiro atoms. The van der Waals surface area contributed by atoms with Gasteiger partial charge in [-0.15, -0.1) is 0 Å². The molecule has 16 heteroatoms. The van der Waals surface area contributed by atoms with Gasteiger partial charge in [-0.3, -0.25) is 24.0 Å². The highest BCUT2D eigenvalue weighted by atomic mass is 16.6. The Hall–Kier alpha value is -7.59. The topological polar surface area (TPSA) is 225 Å². The Balaban J connectivity index is 0.000000360. The molecule has 0 heterocycles. The van der Waals surface area contributed by atoms with Crippen LogP contribution in [0.2, 0.25) is 0 Å². The molecule has 2 aliphatic carbocycles. The van der Waals surface area contributed by atoms with E-state index < -0.39 is 73.0 Å². The number of nitrogens with one attached hydrogen (secondary N) is 4. The summed E-state index contributed by atoms with van der Waals surface area (Å²) in [6.45, 7) is 9.93. The van der Waals surface area contributed by atoms with Gasteiger partial charge in [-0.2, -0.15) is 0 Å². The number of Topliss-reactive ketones (excluding diaryl/α,β-unsaturated/α-hetero) is 1. The number of aliphatic hydroxyl groups is 1. The van der Waals surface area contributed by atoms with Gasteiger partial charge in [0.1, 0.15) is 45.6 Å². The van der Waals surface area contributed by atoms with E-state index in [0.717, 1.165) is 44.5 Å². The molecule has 0 fully saturated rings. The molecule has 3 atom stereocenters. The number of ketones is 1. The number of esters is 2. The average molecular weight is 935 g/mol. The fourth-order valence-electron chi connectivity index (χ4n) is 8.00. The van der Waals surface area contributed by atoms with Gasteiger partial charge in [-0.05, 0) is 57.3 Å². The maximum atomic E-state index is 12.6. The third-order valence-electron chi connectivity index (χ3n) is 11.2. The molecule has 4 aromatic rings. The van der Waals surface area contributed by atoms with E-state index in [-0.39, 0.29) is 47.5 Å². The van der Waals surface area contributed by atoms with Crippen LogP contribution in [0.25, 0.3) is 22.3 Å². The first-order valence-corrected chi connectivity index (χ1v) is 22.5. The van der Waals surface area contributed by atoms with Gasteiger partial charge in [0.05, 0.1) is 6.04 Å². The number of rotatable bonds is 22. The summed E-state index contributed by atoms with van der Waals surface area (Å²) in [5.74, 6) is -4.19. The SMILES string of the molecule is C=CCOC(=O)CNC(=O)C(=O)[C@H](CCC)NC(=O)OCC1c2ccccc2-c2ccccc21.C=CCOC(=O)CNC(=O)C(O)[C@H](CCC)NC(=O)OCC1c2ccccc2-c2ccccc21.[HH].[HH]. The second-order valence-electron chi connectivity index (χ2n) is 15.8. The summed E-state index contributed by atoms with van der Waals surface area (Å²) >= 11 is 0. The van der Waals surface area contributed by atoms with Crippen LogP contribution in [-0.4, -0.2) is 105 Å². The van der Waals surface area contributed by atoms with Gasteiger partial charge in [0.2, 0.25) is 5.78 Å². The third-order valence-corrected chi connectivity index (χ3v) is 11.2. The first kappa shape index (κ1) is 51.4. The van der Waals surface area contributed by atoms with Crippen molar-refractivity contribution in [2.75, 3.05) is 39.5 Å². The summed E-state index contributed by atoms with van der Waals surface area (Å²) in [5.41, 5.74) is 8.77. The molecule has 16 nitrogen and oxygen atoms in total. The highest BCUT2D eigenvalue weighted by molar-refractivity contribution is 6.38. The Kier molecular flexibility index (Phi) is 19.6. The molecule has 68 heavy (non-hydrogen) atoms. The summed E-state index contributed by atoms with van der Waals surface area (Å²) in [6, 6.07) is 30.0. The Morgan fingerprint density at radius 1 is 0.588 bits per heavy atom. The number of carbonyl (C=O) groups is 7. The van der Waals surface area contributed by atoms with E-state index in [2.05, 4.69) is 34.4 Å². The minimum atomic E-state index is -1.55. The molecule has 4 aromatic carbocycles. The molecule has 0 radical (unpaired) electrons. The number of ether oxygens (including phenoxy) is 4. The van der Waals surface area contributed by atoms with E-state index >= 15 is 0 Å². The van der Waals surface area contributed by atoms with Crippen LogP contribution in [-0.2, 0) is 42.9 Å². The van der Waals surface area contributed by atoms with Crippen molar-refractivity contribution in [1.82, 2.24) is 21.3 Å². The van der Waals surface area contributed by atoms with Crippen molar-refractivity contribution < 1.29 is 60.5 Å². The minimum absolute atomic E-state index is 0. The number of amides is 4. The maximum Gasteiger partial charge on any atom is 0.407 e. The fraction of sp³-hybridized carbons (Fsp3) is 0.327. The Bertz CT molecular complexity index is 2380. The van der Waals surface area contributed by atoms with E-state index in [9.17, 15) is 38.7 Å². The summed E-state index contributed by atoms with van der Waals surface area (Å²) in [7, 11) is 0. The predicted octanol–water partition coefficient (Wildman–Crippen LogP) is 6.50. The molecule has 362 valence electrons. The van der Waals surface area contributed by atoms with Crippen molar-refractivity contribution in [3.63, 3.8) is 0 Å². The van der Waals surface area contributed by atoms with Gasteiger partial charge in [-0.1, -0.05) is 149 Å². The minimum Gasteiger partial charge on any atom is -0.460 e. The van der Waals surface area contributed by atoms with Gasteiger partial charge in [0.25, 0.3) is 11.8 Å². The van der Waals surface area contributed by atoms with Crippen LogP contribution < -0.4 is 21.3 Å². The molecule has 1 unspecified atom stereocenters. The number of hydrogen-bond acceptors (Lipinski definition) is 12. The number of fused-ring (bicyclic) bond motifs is 6. The summed E-state index contributed by atoms with van der Waals surface area (Å²) < 4.78 is 20.5. The van der Waals surface area contributed by atoms with E-state index in [0.29, 0.717) is 19.3 Å². The normalized spacial score (nSPS) is 13.2. The van der Waals surface area contributed by atoms with Crippen LogP contribution in [0, 0.1) is 0 Å². The van der Waals surface area contributed by atoms with Gasteiger partial charge < -0.3 is 45.3 Å². The molecule has 0 saturated heterocycles. The molecule has 0 bridgehead atoms. The monoisotopic (exact) mass is 934 g/mol. The smallest absolute Gasteiger partial charge is 0.407 e. The lowest BCUT2D eigenvalue weighted by Crippen LogP contribution is -2.51. The van der Waals surface area contributed by atoms with Crippen LogP contribution in [0.4, 0.5) is 9.59 Å². The van der Waals surface area contributed by atoms with E-state index in [1.165, 1.54) is 12.2 Å². The lowest BCUT2D eigenvalue weighted by atomic mass is 9.98. The van der Waals surface area contributed by atoms with Crippen LogP contribution in [0.1, 0.15) is 76.5 Å². The van der Waals surface area contributed by atoms with Crippen molar-refractivity contribution in [3.05, 3.63) is 145 Å². The first-order valence-electron chi connectivity index (χ1n) is 22.5. The summed E-state index contributed by atoms with van der Waals surface area (Å²) in [4.78, 5) is 85.1. The van der Waals surface area contributed by atoms with Crippen molar-refractivity contribution in [1.29, 1.82) is 0 Å². The summed E-state index contributed by atoms with van der Waals surface area (Å²) in [6.07, 6.45) is 1.49. The Morgan fingerprint density at radius 2 is 0.985 bits per heavy atom. The average Bonchev–Trinajstić information content (AvgIpc) is 3.86. The molecule has 4 amide bonds. The molecule has 0 saturated carbocycles. The zero-order chi connectivity index (χ0) is 49.0. The van der Waals surface area contributed by atoms with Crippen LogP contribution in [0.15, 0.2) is 122 Å². The first-order chi connectivity index (χ1) is 32.9. The van der Waals surface area contributed by atoms with E-state index in [1.54, 1.807) is 0 Å². The molecular formula is C52H62N4O12. The molecular weight excluding hydrogens is 873 g/mol. The lowest BCUT2D eigenvalue weighted by Gasteiger charge is -2.23. The van der Waals surface area contributed by atoms with Crippen LogP contribution in [0.5, 0.6) is 0 Å². The Labute approximate surface area is 398 Å². The molecule has 2 aliphatic rings. The molecule has 0 aromatic heterocycles. The number of hydrogen-bond donors (Lipinski definition) is 5. The molecule has 5 N–H and O–H groups in total. The summed E-state index contributed by atoms with van der Waals surface area (Å²) in [5, 5.41) is 20.0. The molecule has 0 aliphatic heterocycles. The largest absolute Gasteiger partial charge is 0.460 e. The van der Waals surface area contributed by atoms with Crippen LogP contribution >= 0.6 is 0 Å². The van der Waals surface area contributed by atoms with Gasteiger partial charge in [0, 0.05) is 14.7 Å². The van der Waals surface area contributed by atoms with Gasteiger partial charge >= 0.3 is 24.1 Å². The van der Waals surface area contributed by atoms with E-state index in [4.69, 9.17) is 18.9 Å².